The van der Waals surface area contributed by atoms with Gasteiger partial charge in [-0.1, -0.05) is 11.6 Å². The van der Waals surface area contributed by atoms with Gasteiger partial charge in [0.25, 0.3) is 0 Å². The number of benzene rings is 1. The second-order valence-electron chi connectivity index (χ2n) is 4.48. The molecule has 0 saturated carbocycles. The first kappa shape index (κ1) is 14.2. The van der Waals surface area contributed by atoms with Crippen molar-refractivity contribution < 1.29 is 8.95 Å². The zero-order valence-electron chi connectivity index (χ0n) is 10.4. The average Bonchev–Trinajstić information content (AvgIpc) is 2.25. The number of ether oxygens (including phenoxy) is 1. The molecule has 0 bridgehead atoms. The highest BCUT2D eigenvalue weighted by molar-refractivity contribution is 7.85. The number of hydrogen-bond acceptors (Lipinski definition) is 2. The smallest absolute Gasteiger partial charge is 0.144 e. The van der Waals surface area contributed by atoms with Crippen LogP contribution in [0.1, 0.15) is 26.3 Å². The molecule has 0 aromatic heterocycles. The van der Waals surface area contributed by atoms with Crippen LogP contribution in [0.2, 0.25) is 5.02 Å². The van der Waals surface area contributed by atoms with E-state index >= 15 is 0 Å². The van der Waals surface area contributed by atoms with Crippen molar-refractivity contribution >= 4 is 28.8 Å². The first-order valence-corrected chi connectivity index (χ1v) is 6.62. The Balaban J connectivity index is 2.89. The fourth-order valence-corrected chi connectivity index (χ4v) is 1.75. The van der Waals surface area contributed by atoms with Crippen LogP contribution in [0.15, 0.2) is 22.6 Å². The molecule has 1 atom stereocenters. The molecule has 1 rings (SSSR count). The van der Waals surface area contributed by atoms with E-state index in [0.29, 0.717) is 10.8 Å². The minimum Gasteiger partial charge on any atom is -0.497 e. The summed E-state index contributed by atoms with van der Waals surface area (Å²) < 4.78 is 20.4. The summed E-state index contributed by atoms with van der Waals surface area (Å²) in [7, 11) is 0.304. The Hall–Kier alpha value is -0.870. The zero-order chi connectivity index (χ0) is 13.1. The normalized spacial score (nSPS) is 13.9. The Morgan fingerprint density at radius 2 is 2.06 bits per heavy atom. The molecule has 94 valence electrons. The van der Waals surface area contributed by atoms with E-state index in [4.69, 9.17) is 16.3 Å². The molecule has 0 fully saturated rings. The highest BCUT2D eigenvalue weighted by Gasteiger charge is 2.18. The molecule has 3 nitrogen and oxygen atoms in total. The van der Waals surface area contributed by atoms with Crippen molar-refractivity contribution in [1.82, 2.24) is 0 Å². The molecule has 1 unspecified atom stereocenters. The van der Waals surface area contributed by atoms with Crippen LogP contribution >= 0.6 is 11.6 Å². The predicted octanol–water partition coefficient (Wildman–Crippen LogP) is 3.23. The maximum absolute atomic E-state index is 11.7. The first-order chi connectivity index (χ1) is 7.84. The molecule has 0 aliphatic heterocycles. The average molecular weight is 274 g/mol. The predicted molar refractivity (Wildman–Crippen MR) is 73.5 cm³/mol. The van der Waals surface area contributed by atoms with Crippen LogP contribution in [0, 0.1) is 0 Å². The van der Waals surface area contributed by atoms with Gasteiger partial charge in [0.15, 0.2) is 0 Å². The third-order valence-corrected chi connectivity index (χ3v) is 3.69. The summed E-state index contributed by atoms with van der Waals surface area (Å²) >= 11 is 6.04. The van der Waals surface area contributed by atoms with E-state index < -0.39 is 11.0 Å². The fourth-order valence-electron chi connectivity index (χ4n) is 1.00. The van der Waals surface area contributed by atoms with Gasteiger partial charge in [-0.25, -0.2) is 4.21 Å². The molecule has 0 radical (unpaired) electrons. The van der Waals surface area contributed by atoms with E-state index in [2.05, 4.69) is 4.40 Å². The Bertz CT molecular complexity index is 452. The summed E-state index contributed by atoms with van der Waals surface area (Å²) in [5.41, 5.74) is 0.727. The lowest BCUT2D eigenvalue weighted by Gasteiger charge is -2.12. The number of nitrogens with zero attached hydrogens (tertiary/aromatic N) is 1. The molecule has 0 saturated heterocycles. The molecular formula is C12H16ClNO2S. The number of methoxy groups -OCH3 is 1. The quantitative estimate of drug-likeness (QED) is 0.793. The van der Waals surface area contributed by atoms with Crippen molar-refractivity contribution in [3.8, 4) is 5.75 Å². The molecule has 5 heteroatoms. The van der Waals surface area contributed by atoms with Gasteiger partial charge in [-0.05, 0) is 39.0 Å². The van der Waals surface area contributed by atoms with E-state index in [1.165, 1.54) is 6.21 Å². The van der Waals surface area contributed by atoms with Gasteiger partial charge < -0.3 is 4.74 Å². The van der Waals surface area contributed by atoms with Crippen LogP contribution in [-0.4, -0.2) is 22.3 Å². The van der Waals surface area contributed by atoms with Crippen LogP contribution in [0.25, 0.3) is 0 Å². The standard InChI is InChI=1S/C12H16ClNO2S/c1-12(2,3)17(15)14-8-9-5-6-10(16-4)7-11(9)13/h5-8H,1-4H3. The molecule has 1 aromatic carbocycles. The van der Waals surface area contributed by atoms with Crippen molar-refractivity contribution in [2.75, 3.05) is 7.11 Å². The summed E-state index contributed by atoms with van der Waals surface area (Å²) in [6.07, 6.45) is 1.53. The lowest BCUT2D eigenvalue weighted by molar-refractivity contribution is 0.415. The van der Waals surface area contributed by atoms with Crippen LogP contribution < -0.4 is 4.74 Å². The monoisotopic (exact) mass is 273 g/mol. The SMILES string of the molecule is COc1ccc(C=NS(=O)C(C)(C)C)c(Cl)c1. The van der Waals surface area contributed by atoms with Crippen LogP contribution in [0.4, 0.5) is 0 Å². The first-order valence-electron chi connectivity index (χ1n) is 5.14. The summed E-state index contributed by atoms with van der Waals surface area (Å²) in [5.74, 6) is 0.684. The summed E-state index contributed by atoms with van der Waals surface area (Å²) in [6, 6.07) is 5.26. The van der Waals surface area contributed by atoms with Gasteiger partial charge in [-0.3, -0.25) is 0 Å². The number of hydrogen-bond donors (Lipinski definition) is 0. The van der Waals surface area contributed by atoms with E-state index in [0.717, 1.165) is 5.56 Å². The molecule has 0 aliphatic carbocycles. The maximum atomic E-state index is 11.7. The van der Waals surface area contributed by atoms with Crippen molar-refractivity contribution in [3.05, 3.63) is 28.8 Å². The number of rotatable bonds is 3. The zero-order valence-corrected chi connectivity index (χ0v) is 11.9. The summed E-state index contributed by atoms with van der Waals surface area (Å²) in [6.45, 7) is 5.61. The van der Waals surface area contributed by atoms with Crippen molar-refractivity contribution in [2.45, 2.75) is 25.5 Å². The minimum atomic E-state index is -1.27. The Kier molecular flexibility index (Phi) is 4.71. The topological polar surface area (TPSA) is 38.7 Å². The van der Waals surface area contributed by atoms with E-state index in [-0.39, 0.29) is 4.75 Å². The highest BCUT2D eigenvalue weighted by Crippen LogP contribution is 2.21. The van der Waals surface area contributed by atoms with Gasteiger partial charge in [0, 0.05) is 11.8 Å². The van der Waals surface area contributed by atoms with Crippen LogP contribution in [0.5, 0.6) is 5.75 Å². The van der Waals surface area contributed by atoms with Gasteiger partial charge in [-0.2, -0.15) is 4.40 Å². The third kappa shape index (κ3) is 4.13. The van der Waals surface area contributed by atoms with Gasteiger partial charge in [0.1, 0.15) is 16.7 Å². The maximum Gasteiger partial charge on any atom is 0.144 e. The molecular weight excluding hydrogens is 258 g/mol. The lowest BCUT2D eigenvalue weighted by atomic mass is 10.2. The minimum absolute atomic E-state index is 0.366. The summed E-state index contributed by atoms with van der Waals surface area (Å²) in [4.78, 5) is 0. The Morgan fingerprint density at radius 3 is 2.53 bits per heavy atom. The lowest BCUT2D eigenvalue weighted by Crippen LogP contribution is -2.19. The molecule has 0 spiro atoms. The van der Waals surface area contributed by atoms with E-state index in [1.807, 2.05) is 20.8 Å². The number of halogens is 1. The summed E-state index contributed by atoms with van der Waals surface area (Å²) in [5, 5.41) is 0.527. The molecule has 0 N–H and O–H groups in total. The highest BCUT2D eigenvalue weighted by atomic mass is 35.5. The van der Waals surface area contributed by atoms with Gasteiger partial charge in [0.2, 0.25) is 0 Å². The third-order valence-electron chi connectivity index (χ3n) is 2.02. The van der Waals surface area contributed by atoms with Crippen molar-refractivity contribution in [3.63, 3.8) is 0 Å². The Morgan fingerprint density at radius 1 is 1.41 bits per heavy atom. The second kappa shape index (κ2) is 5.65. The molecule has 0 amide bonds. The van der Waals surface area contributed by atoms with Gasteiger partial charge in [0.05, 0.1) is 16.9 Å². The fraction of sp³-hybridized carbons (Fsp3) is 0.417. The van der Waals surface area contributed by atoms with E-state index in [1.54, 1.807) is 25.3 Å². The Labute approximate surface area is 109 Å². The van der Waals surface area contributed by atoms with Gasteiger partial charge >= 0.3 is 0 Å². The molecule has 1 aromatic rings. The molecule has 0 aliphatic rings. The second-order valence-corrected chi connectivity index (χ2v) is 6.82. The van der Waals surface area contributed by atoms with Crippen molar-refractivity contribution in [2.24, 2.45) is 4.40 Å². The van der Waals surface area contributed by atoms with Crippen LogP contribution in [0.3, 0.4) is 0 Å². The largest absolute Gasteiger partial charge is 0.497 e. The molecule has 17 heavy (non-hydrogen) atoms. The molecule has 0 heterocycles. The van der Waals surface area contributed by atoms with E-state index in [9.17, 15) is 4.21 Å². The van der Waals surface area contributed by atoms with Crippen LogP contribution in [-0.2, 0) is 11.0 Å². The van der Waals surface area contributed by atoms with Crippen molar-refractivity contribution in [1.29, 1.82) is 0 Å². The van der Waals surface area contributed by atoms with Gasteiger partial charge in [-0.15, -0.1) is 0 Å².